The molecule has 0 bridgehead atoms. The van der Waals surface area contributed by atoms with E-state index in [2.05, 4.69) is 9.97 Å². The minimum absolute atomic E-state index is 0.0717. The van der Waals surface area contributed by atoms with Gasteiger partial charge in [-0.2, -0.15) is 0 Å². The lowest BCUT2D eigenvalue weighted by atomic mass is 10.1. The highest BCUT2D eigenvalue weighted by atomic mass is 32.1. The highest BCUT2D eigenvalue weighted by molar-refractivity contribution is 7.10. The number of para-hydroxylation sites is 2. The molecule has 0 aliphatic heterocycles. The van der Waals surface area contributed by atoms with Crippen molar-refractivity contribution in [3.8, 4) is 0 Å². The SMILES string of the molecule is Cc1cc(C(=O)c2cnc3ccccc3n2)cs1. The second-order valence-electron chi connectivity index (χ2n) is 4.02. The third kappa shape index (κ3) is 1.91. The normalized spacial score (nSPS) is 10.7. The summed E-state index contributed by atoms with van der Waals surface area (Å²) in [6.07, 6.45) is 1.54. The Morgan fingerprint density at radius 2 is 2.00 bits per heavy atom. The van der Waals surface area contributed by atoms with Crippen LogP contribution in [-0.4, -0.2) is 15.8 Å². The van der Waals surface area contributed by atoms with E-state index in [0.29, 0.717) is 11.3 Å². The van der Waals surface area contributed by atoms with Crippen molar-refractivity contribution in [2.75, 3.05) is 0 Å². The van der Waals surface area contributed by atoms with Gasteiger partial charge in [0.1, 0.15) is 5.69 Å². The molecule has 4 heteroatoms. The maximum Gasteiger partial charge on any atom is 0.213 e. The minimum atomic E-state index is -0.0717. The molecule has 18 heavy (non-hydrogen) atoms. The number of hydrogen-bond donors (Lipinski definition) is 0. The summed E-state index contributed by atoms with van der Waals surface area (Å²) in [5, 5.41) is 1.86. The molecule has 88 valence electrons. The van der Waals surface area contributed by atoms with Crippen LogP contribution in [0, 0.1) is 6.92 Å². The monoisotopic (exact) mass is 254 g/mol. The van der Waals surface area contributed by atoms with Gasteiger partial charge in [0.25, 0.3) is 0 Å². The zero-order chi connectivity index (χ0) is 12.5. The number of carbonyl (C=O) groups excluding carboxylic acids is 1. The standard InChI is InChI=1S/C14H10N2OS/c1-9-6-10(8-18-9)14(17)13-7-15-11-4-2-3-5-12(11)16-13/h2-8H,1H3. The Labute approximate surface area is 108 Å². The van der Waals surface area contributed by atoms with Gasteiger partial charge in [0.05, 0.1) is 17.2 Å². The van der Waals surface area contributed by atoms with E-state index < -0.39 is 0 Å². The summed E-state index contributed by atoms with van der Waals surface area (Å²) in [5.41, 5.74) is 2.62. The Bertz CT molecular complexity index is 733. The Hall–Kier alpha value is -2.07. The van der Waals surface area contributed by atoms with Crippen molar-refractivity contribution in [2.24, 2.45) is 0 Å². The summed E-state index contributed by atoms with van der Waals surface area (Å²) < 4.78 is 0. The van der Waals surface area contributed by atoms with Crippen LogP contribution in [0.15, 0.2) is 41.9 Å². The fourth-order valence-corrected chi connectivity index (χ4v) is 2.46. The van der Waals surface area contributed by atoms with Crippen molar-refractivity contribution >= 4 is 28.2 Å². The number of fused-ring (bicyclic) bond motifs is 1. The maximum atomic E-state index is 12.2. The van der Waals surface area contributed by atoms with Crippen molar-refractivity contribution in [1.82, 2.24) is 9.97 Å². The zero-order valence-corrected chi connectivity index (χ0v) is 10.6. The van der Waals surface area contributed by atoms with E-state index in [0.717, 1.165) is 15.9 Å². The number of ketones is 1. The molecule has 0 amide bonds. The largest absolute Gasteiger partial charge is 0.287 e. The smallest absolute Gasteiger partial charge is 0.213 e. The van der Waals surface area contributed by atoms with E-state index in [1.807, 2.05) is 42.6 Å². The van der Waals surface area contributed by atoms with Crippen LogP contribution in [0.1, 0.15) is 20.9 Å². The molecule has 3 rings (SSSR count). The van der Waals surface area contributed by atoms with Crippen molar-refractivity contribution in [2.45, 2.75) is 6.92 Å². The van der Waals surface area contributed by atoms with Gasteiger partial charge in [-0.3, -0.25) is 9.78 Å². The van der Waals surface area contributed by atoms with Gasteiger partial charge in [0, 0.05) is 15.8 Å². The second kappa shape index (κ2) is 4.31. The number of nitrogens with zero attached hydrogens (tertiary/aromatic N) is 2. The molecule has 0 fully saturated rings. The first-order chi connectivity index (χ1) is 8.74. The number of rotatable bonds is 2. The Kier molecular flexibility index (Phi) is 2.64. The van der Waals surface area contributed by atoms with Crippen LogP contribution < -0.4 is 0 Å². The van der Waals surface area contributed by atoms with Gasteiger partial charge in [-0.1, -0.05) is 12.1 Å². The fourth-order valence-electron chi connectivity index (χ4n) is 1.78. The first-order valence-electron chi connectivity index (χ1n) is 5.56. The van der Waals surface area contributed by atoms with Gasteiger partial charge in [-0.25, -0.2) is 4.98 Å². The van der Waals surface area contributed by atoms with E-state index in [4.69, 9.17) is 0 Å². The van der Waals surface area contributed by atoms with Gasteiger partial charge in [0.15, 0.2) is 0 Å². The van der Waals surface area contributed by atoms with Crippen LogP contribution >= 0.6 is 11.3 Å². The third-order valence-electron chi connectivity index (χ3n) is 2.67. The van der Waals surface area contributed by atoms with Crippen LogP contribution in [0.5, 0.6) is 0 Å². The average molecular weight is 254 g/mol. The van der Waals surface area contributed by atoms with Gasteiger partial charge in [-0.15, -0.1) is 11.3 Å². The number of benzene rings is 1. The summed E-state index contributed by atoms with van der Waals surface area (Å²) >= 11 is 1.56. The van der Waals surface area contributed by atoms with Gasteiger partial charge in [0.2, 0.25) is 5.78 Å². The lowest BCUT2D eigenvalue weighted by molar-refractivity contribution is 0.103. The number of hydrogen-bond acceptors (Lipinski definition) is 4. The summed E-state index contributed by atoms with van der Waals surface area (Å²) in [4.78, 5) is 21.9. The molecule has 0 unspecified atom stereocenters. The molecule has 0 spiro atoms. The second-order valence-corrected chi connectivity index (χ2v) is 5.13. The third-order valence-corrected chi connectivity index (χ3v) is 3.54. The van der Waals surface area contributed by atoms with Gasteiger partial charge < -0.3 is 0 Å². The number of aromatic nitrogens is 2. The van der Waals surface area contributed by atoms with Crippen LogP contribution in [-0.2, 0) is 0 Å². The van der Waals surface area contributed by atoms with Gasteiger partial charge in [-0.05, 0) is 25.1 Å². The molecule has 2 heterocycles. The Balaban J connectivity index is 2.06. The minimum Gasteiger partial charge on any atom is -0.287 e. The molecular formula is C14H10N2OS. The molecule has 0 aliphatic rings. The molecule has 0 radical (unpaired) electrons. The highest BCUT2D eigenvalue weighted by Gasteiger charge is 2.13. The first kappa shape index (κ1) is 11.0. The number of carbonyl (C=O) groups is 1. The lowest BCUT2D eigenvalue weighted by Crippen LogP contribution is -2.03. The van der Waals surface area contributed by atoms with Crippen LogP contribution in [0.4, 0.5) is 0 Å². The average Bonchev–Trinajstić information content (AvgIpc) is 2.84. The molecule has 3 nitrogen and oxygen atoms in total. The van der Waals surface area contributed by atoms with E-state index in [1.54, 1.807) is 11.3 Å². The quantitative estimate of drug-likeness (QED) is 0.659. The summed E-state index contributed by atoms with van der Waals surface area (Å²) in [5.74, 6) is -0.0717. The van der Waals surface area contributed by atoms with E-state index in [9.17, 15) is 4.79 Å². The Morgan fingerprint density at radius 1 is 1.22 bits per heavy atom. The van der Waals surface area contributed by atoms with E-state index in [1.165, 1.54) is 6.20 Å². The highest BCUT2D eigenvalue weighted by Crippen LogP contribution is 2.17. The van der Waals surface area contributed by atoms with Crippen molar-refractivity contribution < 1.29 is 4.79 Å². The van der Waals surface area contributed by atoms with Crippen LogP contribution in [0.25, 0.3) is 11.0 Å². The maximum absolute atomic E-state index is 12.2. The topological polar surface area (TPSA) is 42.9 Å². The van der Waals surface area contributed by atoms with E-state index >= 15 is 0 Å². The van der Waals surface area contributed by atoms with Crippen LogP contribution in [0.2, 0.25) is 0 Å². The van der Waals surface area contributed by atoms with Crippen molar-refractivity contribution in [3.63, 3.8) is 0 Å². The summed E-state index contributed by atoms with van der Waals surface area (Å²) in [7, 11) is 0. The molecule has 0 N–H and O–H groups in total. The first-order valence-corrected chi connectivity index (χ1v) is 6.43. The summed E-state index contributed by atoms with van der Waals surface area (Å²) in [6, 6.07) is 9.41. The zero-order valence-electron chi connectivity index (χ0n) is 9.75. The van der Waals surface area contributed by atoms with Gasteiger partial charge >= 0.3 is 0 Å². The van der Waals surface area contributed by atoms with E-state index in [-0.39, 0.29) is 5.78 Å². The van der Waals surface area contributed by atoms with Crippen molar-refractivity contribution in [3.05, 3.63) is 58.0 Å². The lowest BCUT2D eigenvalue weighted by Gasteiger charge is -2.00. The number of thiophene rings is 1. The predicted molar refractivity (Wildman–Crippen MR) is 72.0 cm³/mol. The van der Waals surface area contributed by atoms with Crippen LogP contribution in [0.3, 0.4) is 0 Å². The fraction of sp³-hybridized carbons (Fsp3) is 0.0714. The Morgan fingerprint density at radius 3 is 2.72 bits per heavy atom. The predicted octanol–water partition coefficient (Wildman–Crippen LogP) is 3.23. The molecule has 1 aromatic carbocycles. The summed E-state index contributed by atoms with van der Waals surface area (Å²) in [6.45, 7) is 1.98. The number of aryl methyl sites for hydroxylation is 1. The van der Waals surface area contributed by atoms with Crippen molar-refractivity contribution in [1.29, 1.82) is 0 Å². The molecule has 0 saturated carbocycles. The molecule has 0 saturated heterocycles. The molecule has 3 aromatic rings. The molecule has 0 aliphatic carbocycles. The molecular weight excluding hydrogens is 244 g/mol. The molecule has 2 aromatic heterocycles. The molecule has 0 atom stereocenters.